The van der Waals surface area contributed by atoms with Gasteiger partial charge < -0.3 is 14.8 Å². The van der Waals surface area contributed by atoms with Crippen molar-refractivity contribution in [3.63, 3.8) is 0 Å². The minimum Gasteiger partial charge on any atom is -0.481 e. The zero-order valence-corrected chi connectivity index (χ0v) is 9.86. The first-order chi connectivity index (χ1) is 8.11. The highest BCUT2D eigenvalue weighted by atomic mass is 16.4. The fourth-order valence-electron chi connectivity index (χ4n) is 1.47. The molecule has 94 valence electrons. The summed E-state index contributed by atoms with van der Waals surface area (Å²) in [6.45, 7) is 2.35. The third-order valence-electron chi connectivity index (χ3n) is 2.42. The molecular weight excluding hydrogens is 222 g/mol. The summed E-state index contributed by atoms with van der Waals surface area (Å²) < 4.78 is 5.05. The van der Waals surface area contributed by atoms with Crippen molar-refractivity contribution in [2.75, 3.05) is 6.54 Å². The number of amides is 1. The SMILES string of the molecule is Cc1ccoc1C(=O)NCCCCCC(=O)O. The van der Waals surface area contributed by atoms with Crippen molar-refractivity contribution in [2.24, 2.45) is 0 Å². The third-order valence-corrected chi connectivity index (χ3v) is 2.42. The molecular formula is C12H17NO4. The Bertz CT molecular complexity index is 384. The van der Waals surface area contributed by atoms with E-state index in [0.29, 0.717) is 18.7 Å². The monoisotopic (exact) mass is 239 g/mol. The Morgan fingerprint density at radius 2 is 2.12 bits per heavy atom. The highest BCUT2D eigenvalue weighted by molar-refractivity contribution is 5.92. The summed E-state index contributed by atoms with van der Waals surface area (Å²) in [6, 6.07) is 1.74. The number of rotatable bonds is 7. The molecule has 0 aliphatic heterocycles. The van der Waals surface area contributed by atoms with E-state index in [4.69, 9.17) is 9.52 Å². The van der Waals surface area contributed by atoms with Crippen molar-refractivity contribution in [2.45, 2.75) is 32.6 Å². The predicted molar refractivity (Wildman–Crippen MR) is 61.9 cm³/mol. The molecule has 1 aromatic rings. The van der Waals surface area contributed by atoms with Crippen LogP contribution >= 0.6 is 0 Å². The van der Waals surface area contributed by atoms with Gasteiger partial charge in [0.05, 0.1) is 6.26 Å². The van der Waals surface area contributed by atoms with E-state index in [1.165, 1.54) is 6.26 Å². The quantitative estimate of drug-likeness (QED) is 0.713. The van der Waals surface area contributed by atoms with Gasteiger partial charge in [0.1, 0.15) is 0 Å². The molecule has 0 aliphatic rings. The standard InChI is InChI=1S/C12H17NO4/c1-9-6-8-17-11(9)12(16)13-7-4-2-3-5-10(14)15/h6,8H,2-5,7H2,1H3,(H,13,16)(H,14,15). The maximum atomic E-state index is 11.6. The topological polar surface area (TPSA) is 79.5 Å². The second-order valence-corrected chi connectivity index (χ2v) is 3.89. The number of aliphatic carboxylic acids is 1. The number of carbonyl (C=O) groups is 2. The molecule has 17 heavy (non-hydrogen) atoms. The lowest BCUT2D eigenvalue weighted by Crippen LogP contribution is -2.24. The van der Waals surface area contributed by atoms with Crippen LogP contribution in [0.2, 0.25) is 0 Å². The molecule has 1 heterocycles. The lowest BCUT2D eigenvalue weighted by atomic mass is 10.2. The Labute approximate surface area is 99.8 Å². The molecule has 5 heteroatoms. The minimum atomic E-state index is -0.778. The Morgan fingerprint density at radius 3 is 2.71 bits per heavy atom. The molecule has 0 saturated heterocycles. The molecule has 1 rings (SSSR count). The zero-order valence-electron chi connectivity index (χ0n) is 9.86. The maximum absolute atomic E-state index is 11.6. The van der Waals surface area contributed by atoms with Crippen LogP contribution < -0.4 is 5.32 Å². The van der Waals surface area contributed by atoms with Crippen molar-refractivity contribution in [1.29, 1.82) is 0 Å². The van der Waals surface area contributed by atoms with E-state index < -0.39 is 5.97 Å². The molecule has 0 spiro atoms. The van der Waals surface area contributed by atoms with Crippen LogP contribution in [0.3, 0.4) is 0 Å². The molecule has 0 aliphatic carbocycles. The Balaban J connectivity index is 2.13. The lowest BCUT2D eigenvalue weighted by Gasteiger charge is -2.03. The van der Waals surface area contributed by atoms with Gasteiger partial charge in [0.25, 0.3) is 5.91 Å². The van der Waals surface area contributed by atoms with E-state index in [-0.39, 0.29) is 12.3 Å². The molecule has 0 bridgehead atoms. The maximum Gasteiger partial charge on any atom is 0.303 e. The molecule has 1 amide bonds. The fraction of sp³-hybridized carbons (Fsp3) is 0.500. The number of hydrogen-bond donors (Lipinski definition) is 2. The number of aryl methyl sites for hydroxylation is 1. The average Bonchev–Trinajstić information content (AvgIpc) is 2.69. The van der Waals surface area contributed by atoms with Crippen LogP contribution in [0.5, 0.6) is 0 Å². The van der Waals surface area contributed by atoms with Crippen molar-refractivity contribution >= 4 is 11.9 Å². The van der Waals surface area contributed by atoms with E-state index in [2.05, 4.69) is 5.32 Å². The molecule has 0 aromatic carbocycles. The van der Waals surface area contributed by atoms with Crippen LogP contribution in [-0.4, -0.2) is 23.5 Å². The number of carbonyl (C=O) groups excluding carboxylic acids is 1. The largest absolute Gasteiger partial charge is 0.481 e. The molecule has 0 unspecified atom stereocenters. The van der Waals surface area contributed by atoms with Crippen molar-refractivity contribution in [3.05, 3.63) is 23.7 Å². The third kappa shape index (κ3) is 4.72. The molecule has 0 radical (unpaired) electrons. The molecule has 1 aromatic heterocycles. The molecule has 0 fully saturated rings. The van der Waals surface area contributed by atoms with Gasteiger partial charge in [-0.25, -0.2) is 0 Å². The van der Waals surface area contributed by atoms with Crippen LogP contribution in [0.25, 0.3) is 0 Å². The van der Waals surface area contributed by atoms with Crippen molar-refractivity contribution < 1.29 is 19.1 Å². The summed E-state index contributed by atoms with van der Waals surface area (Å²) in [5, 5.41) is 11.2. The highest BCUT2D eigenvalue weighted by Crippen LogP contribution is 2.08. The van der Waals surface area contributed by atoms with Crippen LogP contribution in [0.4, 0.5) is 0 Å². The molecule has 5 nitrogen and oxygen atoms in total. The lowest BCUT2D eigenvalue weighted by molar-refractivity contribution is -0.137. The van der Waals surface area contributed by atoms with E-state index in [1.807, 2.05) is 6.92 Å². The van der Waals surface area contributed by atoms with Gasteiger partial charge in [-0.3, -0.25) is 9.59 Å². The van der Waals surface area contributed by atoms with Gasteiger partial charge in [-0.05, 0) is 25.8 Å². The first kappa shape index (κ1) is 13.3. The number of unbranched alkanes of at least 4 members (excludes halogenated alkanes) is 2. The summed E-state index contributed by atoms with van der Waals surface area (Å²) in [6.07, 6.45) is 3.88. The number of carboxylic acids is 1. The van der Waals surface area contributed by atoms with Crippen LogP contribution in [0, 0.1) is 6.92 Å². The first-order valence-electron chi connectivity index (χ1n) is 5.65. The van der Waals surface area contributed by atoms with Gasteiger partial charge in [0.15, 0.2) is 5.76 Å². The van der Waals surface area contributed by atoms with Gasteiger partial charge in [-0.15, -0.1) is 0 Å². The van der Waals surface area contributed by atoms with E-state index in [9.17, 15) is 9.59 Å². The van der Waals surface area contributed by atoms with E-state index in [1.54, 1.807) is 6.07 Å². The summed E-state index contributed by atoms with van der Waals surface area (Å²) in [5.74, 6) is -0.651. The fourth-order valence-corrected chi connectivity index (χ4v) is 1.47. The summed E-state index contributed by atoms with van der Waals surface area (Å²) in [5.41, 5.74) is 0.813. The van der Waals surface area contributed by atoms with Crippen LogP contribution in [-0.2, 0) is 4.79 Å². The average molecular weight is 239 g/mol. The van der Waals surface area contributed by atoms with E-state index >= 15 is 0 Å². The van der Waals surface area contributed by atoms with Crippen LogP contribution in [0.15, 0.2) is 16.7 Å². The van der Waals surface area contributed by atoms with Crippen LogP contribution in [0.1, 0.15) is 41.8 Å². The summed E-state index contributed by atoms with van der Waals surface area (Å²) >= 11 is 0. The first-order valence-corrected chi connectivity index (χ1v) is 5.65. The summed E-state index contributed by atoms with van der Waals surface area (Å²) in [4.78, 5) is 21.8. The molecule has 2 N–H and O–H groups in total. The van der Waals surface area contributed by atoms with Gasteiger partial charge in [-0.1, -0.05) is 6.42 Å². The zero-order chi connectivity index (χ0) is 12.7. The van der Waals surface area contributed by atoms with Crippen molar-refractivity contribution in [3.8, 4) is 0 Å². The number of furan rings is 1. The van der Waals surface area contributed by atoms with Crippen molar-refractivity contribution in [1.82, 2.24) is 5.32 Å². The van der Waals surface area contributed by atoms with E-state index in [0.717, 1.165) is 18.4 Å². The number of carboxylic acid groups (broad SMARTS) is 1. The highest BCUT2D eigenvalue weighted by Gasteiger charge is 2.11. The molecule has 0 saturated carbocycles. The summed E-state index contributed by atoms with van der Waals surface area (Å²) in [7, 11) is 0. The van der Waals surface area contributed by atoms with Gasteiger partial charge in [0.2, 0.25) is 0 Å². The molecule has 0 atom stereocenters. The second kappa shape index (κ2) is 6.73. The Morgan fingerprint density at radius 1 is 1.35 bits per heavy atom. The Kier molecular flexibility index (Phi) is 5.26. The van der Waals surface area contributed by atoms with Gasteiger partial charge in [-0.2, -0.15) is 0 Å². The number of nitrogens with one attached hydrogen (secondary N) is 1. The number of hydrogen-bond acceptors (Lipinski definition) is 3. The normalized spacial score (nSPS) is 10.2. The predicted octanol–water partition coefficient (Wildman–Crippen LogP) is 1.96. The van der Waals surface area contributed by atoms with Gasteiger partial charge in [0, 0.05) is 18.5 Å². The smallest absolute Gasteiger partial charge is 0.303 e. The minimum absolute atomic E-state index is 0.186. The Hall–Kier alpha value is -1.78. The van der Waals surface area contributed by atoms with Gasteiger partial charge >= 0.3 is 5.97 Å². The second-order valence-electron chi connectivity index (χ2n) is 3.89.